The van der Waals surface area contributed by atoms with Gasteiger partial charge in [-0.15, -0.1) is 0 Å². The smallest absolute Gasteiger partial charge is 0.385 e. The minimum atomic E-state index is -4.63. The Balaban J connectivity index is 1.84. The van der Waals surface area contributed by atoms with Crippen LogP contribution in [-0.4, -0.2) is 85.6 Å². The maximum Gasteiger partial charge on any atom is 0.472 e. The van der Waals surface area contributed by atoms with Crippen molar-refractivity contribution >= 4 is 42.4 Å². The Labute approximate surface area is 245 Å². The van der Waals surface area contributed by atoms with Crippen LogP contribution in [0.1, 0.15) is 39.2 Å². The van der Waals surface area contributed by atoms with Crippen LogP contribution in [0.15, 0.2) is 30.5 Å². The number of carbonyl (C=O) groups is 4. The van der Waals surface area contributed by atoms with Crippen molar-refractivity contribution in [1.29, 1.82) is 0 Å². The number of H-pyrrole nitrogens is 1. The lowest BCUT2D eigenvalue weighted by Crippen LogP contribution is -2.51. The normalized spacial score (nSPS) is 14.8. The molecule has 1 aromatic carbocycles. The molecule has 0 bridgehead atoms. The second-order valence-corrected chi connectivity index (χ2v) is 11.2. The van der Waals surface area contributed by atoms with E-state index in [2.05, 4.69) is 26.3 Å². The molecule has 15 heteroatoms. The molecule has 14 nitrogen and oxygen atoms in total. The van der Waals surface area contributed by atoms with Gasteiger partial charge < -0.3 is 35.9 Å². The van der Waals surface area contributed by atoms with Gasteiger partial charge in [-0.2, -0.15) is 0 Å². The van der Waals surface area contributed by atoms with Crippen LogP contribution in [-0.2, 0) is 43.9 Å². The van der Waals surface area contributed by atoms with Crippen LogP contribution in [0.4, 0.5) is 0 Å². The summed E-state index contributed by atoms with van der Waals surface area (Å²) in [5, 5.41) is 11.3. The number of aromatic amines is 1. The number of phosphoric ester groups is 1. The first-order valence-electron chi connectivity index (χ1n) is 13.7. The highest BCUT2D eigenvalue weighted by molar-refractivity contribution is 7.47. The number of para-hydroxylation sites is 1. The highest BCUT2D eigenvalue weighted by atomic mass is 31.2. The molecule has 4 atom stereocenters. The summed E-state index contributed by atoms with van der Waals surface area (Å²) in [6.45, 7) is 4.48. The van der Waals surface area contributed by atoms with Crippen molar-refractivity contribution < 1.29 is 42.4 Å². The third kappa shape index (κ3) is 11.9. The summed E-state index contributed by atoms with van der Waals surface area (Å²) < 4.78 is 27.0. The molecule has 0 radical (unpaired) electrons. The Bertz CT molecular complexity index is 1240. The number of benzene rings is 1. The molecular formula is C27H42N5O9P. The van der Waals surface area contributed by atoms with E-state index in [0.717, 1.165) is 16.5 Å². The number of phosphoric acid groups is 1. The minimum Gasteiger partial charge on any atom is -0.385 e. The van der Waals surface area contributed by atoms with Crippen molar-refractivity contribution in [3.05, 3.63) is 36.0 Å². The largest absolute Gasteiger partial charge is 0.472 e. The SMILES string of the molecule is CC[C@H](C)[C@H](NC(=O)Cc1c[nH]c2ccccc12)C(=O)NCCOP(=O)(O)OC[C@H](NC(C)=O)C(=O)NCCCOC. The molecule has 0 spiro atoms. The van der Waals surface area contributed by atoms with Crippen molar-refractivity contribution in [2.24, 2.45) is 5.92 Å². The van der Waals surface area contributed by atoms with Gasteiger partial charge in [-0.1, -0.05) is 38.5 Å². The highest BCUT2D eigenvalue weighted by Gasteiger charge is 2.29. The number of nitrogens with one attached hydrogen (secondary N) is 5. The molecule has 42 heavy (non-hydrogen) atoms. The molecule has 6 N–H and O–H groups in total. The van der Waals surface area contributed by atoms with E-state index in [-0.39, 0.29) is 37.9 Å². The summed E-state index contributed by atoms with van der Waals surface area (Å²) in [4.78, 5) is 62.6. The summed E-state index contributed by atoms with van der Waals surface area (Å²) in [5.74, 6) is -2.10. The summed E-state index contributed by atoms with van der Waals surface area (Å²) in [7, 11) is -3.10. The third-order valence-corrected chi connectivity index (χ3v) is 7.40. The van der Waals surface area contributed by atoms with E-state index >= 15 is 0 Å². The van der Waals surface area contributed by atoms with Gasteiger partial charge >= 0.3 is 7.82 Å². The Kier molecular flexibility index (Phi) is 14.6. The maximum absolute atomic E-state index is 12.9. The highest BCUT2D eigenvalue weighted by Crippen LogP contribution is 2.42. The lowest BCUT2D eigenvalue weighted by Gasteiger charge is -2.24. The Morgan fingerprint density at radius 3 is 2.43 bits per heavy atom. The fourth-order valence-corrected chi connectivity index (χ4v) is 4.74. The van der Waals surface area contributed by atoms with Gasteiger partial charge in [-0.3, -0.25) is 28.2 Å². The Hall–Kier alpha value is -3.29. The topological polar surface area (TPSA) is 197 Å². The molecule has 1 unspecified atom stereocenters. The van der Waals surface area contributed by atoms with Gasteiger partial charge in [-0.05, 0) is 24.0 Å². The standard InChI is InChI=1S/C27H42N5O9P/c1-5-18(2)25(32-24(34)15-20-16-30-22-10-7-6-9-21(20)22)27(36)29-12-14-40-42(37,38)41-17-23(31-19(3)33)26(35)28-11-8-13-39-4/h6-7,9-10,16,18,23,25,30H,5,8,11-15,17H2,1-4H3,(H,28,35)(H,29,36)(H,31,33)(H,32,34)(H,37,38)/t18-,23-,25-/m0/s1. The Morgan fingerprint density at radius 1 is 1.02 bits per heavy atom. The van der Waals surface area contributed by atoms with E-state index in [1.54, 1.807) is 6.20 Å². The molecule has 0 aliphatic rings. The van der Waals surface area contributed by atoms with Crippen molar-refractivity contribution in [3.63, 3.8) is 0 Å². The molecular weight excluding hydrogens is 569 g/mol. The van der Waals surface area contributed by atoms with Gasteiger partial charge in [0.1, 0.15) is 12.1 Å². The number of hydrogen-bond donors (Lipinski definition) is 6. The molecule has 4 amide bonds. The molecule has 1 aromatic heterocycles. The van der Waals surface area contributed by atoms with Crippen molar-refractivity contribution in [1.82, 2.24) is 26.3 Å². The van der Waals surface area contributed by atoms with E-state index in [9.17, 15) is 28.6 Å². The van der Waals surface area contributed by atoms with Gasteiger partial charge in [0.15, 0.2) is 0 Å². The average Bonchev–Trinajstić information content (AvgIpc) is 3.36. The predicted octanol–water partition coefficient (Wildman–Crippen LogP) is 1.15. The van der Waals surface area contributed by atoms with Gasteiger partial charge in [0.25, 0.3) is 0 Å². The zero-order valence-electron chi connectivity index (χ0n) is 24.4. The van der Waals surface area contributed by atoms with Crippen LogP contribution in [0.3, 0.4) is 0 Å². The van der Waals surface area contributed by atoms with E-state index < -0.39 is 44.2 Å². The van der Waals surface area contributed by atoms with Crippen molar-refractivity contribution in [2.75, 3.05) is 40.0 Å². The quantitative estimate of drug-likeness (QED) is 0.0997. The number of fused-ring (bicyclic) bond motifs is 1. The second kappa shape index (κ2) is 17.6. The number of ether oxygens (including phenoxy) is 1. The monoisotopic (exact) mass is 611 g/mol. The van der Waals surface area contributed by atoms with E-state index in [1.165, 1.54) is 14.0 Å². The number of amides is 4. The summed E-state index contributed by atoms with van der Waals surface area (Å²) in [5.41, 5.74) is 1.72. The number of hydrogen-bond acceptors (Lipinski definition) is 8. The fourth-order valence-electron chi connectivity index (χ4n) is 4.01. The van der Waals surface area contributed by atoms with Crippen LogP contribution in [0.2, 0.25) is 0 Å². The first-order valence-corrected chi connectivity index (χ1v) is 15.2. The van der Waals surface area contributed by atoms with Gasteiger partial charge in [0.2, 0.25) is 23.6 Å². The van der Waals surface area contributed by atoms with E-state index in [0.29, 0.717) is 19.4 Å². The van der Waals surface area contributed by atoms with Crippen LogP contribution in [0, 0.1) is 5.92 Å². The maximum atomic E-state index is 12.9. The molecule has 1 heterocycles. The predicted molar refractivity (Wildman–Crippen MR) is 155 cm³/mol. The average molecular weight is 612 g/mol. The van der Waals surface area contributed by atoms with Crippen molar-refractivity contribution in [3.8, 4) is 0 Å². The molecule has 0 aliphatic carbocycles. The summed E-state index contributed by atoms with van der Waals surface area (Å²) in [6, 6.07) is 5.55. The number of rotatable bonds is 19. The fraction of sp³-hybridized carbons (Fsp3) is 0.556. The van der Waals surface area contributed by atoms with Crippen LogP contribution >= 0.6 is 7.82 Å². The minimum absolute atomic E-state index is 0.0863. The molecule has 0 saturated carbocycles. The van der Waals surface area contributed by atoms with Crippen LogP contribution in [0.5, 0.6) is 0 Å². The first-order chi connectivity index (χ1) is 20.0. The molecule has 0 fully saturated rings. The molecule has 2 rings (SSSR count). The molecule has 2 aromatic rings. The third-order valence-electron chi connectivity index (χ3n) is 6.42. The molecule has 0 aliphatic heterocycles. The van der Waals surface area contributed by atoms with Crippen LogP contribution < -0.4 is 21.3 Å². The van der Waals surface area contributed by atoms with Gasteiger partial charge in [0, 0.05) is 50.8 Å². The van der Waals surface area contributed by atoms with E-state index in [4.69, 9.17) is 13.8 Å². The molecule has 234 valence electrons. The van der Waals surface area contributed by atoms with Gasteiger partial charge in [-0.25, -0.2) is 4.57 Å². The Morgan fingerprint density at radius 2 is 1.74 bits per heavy atom. The lowest BCUT2D eigenvalue weighted by molar-refractivity contribution is -0.130. The number of carbonyl (C=O) groups excluding carboxylic acids is 4. The number of aromatic nitrogens is 1. The summed E-state index contributed by atoms with van der Waals surface area (Å²) in [6.07, 6.45) is 3.01. The summed E-state index contributed by atoms with van der Waals surface area (Å²) >= 11 is 0. The lowest BCUT2D eigenvalue weighted by atomic mass is 9.98. The molecule has 0 saturated heterocycles. The zero-order valence-corrected chi connectivity index (χ0v) is 25.3. The van der Waals surface area contributed by atoms with Crippen molar-refractivity contribution in [2.45, 2.75) is 52.1 Å². The van der Waals surface area contributed by atoms with Gasteiger partial charge in [0.05, 0.1) is 19.6 Å². The number of methoxy groups -OCH3 is 1. The second-order valence-electron chi connectivity index (χ2n) is 9.75. The first kappa shape index (κ1) is 34.9. The van der Waals surface area contributed by atoms with E-state index in [1.807, 2.05) is 38.1 Å². The zero-order chi connectivity index (χ0) is 31.1. The van der Waals surface area contributed by atoms with Crippen LogP contribution in [0.25, 0.3) is 10.9 Å².